The van der Waals surface area contributed by atoms with E-state index in [1.165, 1.54) is 0 Å². The Labute approximate surface area is 193 Å². The number of thioether (sulfide) groups is 1. The fraction of sp³-hybridized carbons (Fsp3) is 0.391. The van der Waals surface area contributed by atoms with Crippen LogP contribution in [0.2, 0.25) is 10.0 Å². The molecule has 0 aromatic heterocycles. The van der Waals surface area contributed by atoms with Gasteiger partial charge in [0.2, 0.25) is 11.8 Å². The zero-order chi connectivity index (χ0) is 22.3. The molecule has 1 unspecified atom stereocenters. The van der Waals surface area contributed by atoms with Crippen LogP contribution >= 0.6 is 35.0 Å². The molecule has 0 fully saturated rings. The summed E-state index contributed by atoms with van der Waals surface area (Å²) in [6, 6.07) is 14.3. The lowest BCUT2D eigenvalue weighted by atomic mass is 10.1. The summed E-state index contributed by atoms with van der Waals surface area (Å²) in [5.41, 5.74) is 0.511. The zero-order valence-electron chi connectivity index (χ0n) is 17.7. The first kappa shape index (κ1) is 24.6. The number of rotatable bonds is 8. The molecule has 0 saturated carbocycles. The van der Waals surface area contributed by atoms with Crippen LogP contribution < -0.4 is 5.32 Å². The SMILES string of the molecule is CC(C(=O)NC(C)(C)C)N(Cc1cccc(Cl)c1)C(=O)CCSc1ccc(Cl)cc1. The predicted molar refractivity (Wildman–Crippen MR) is 126 cm³/mol. The second-order valence-corrected chi connectivity index (χ2v) is 10.2. The fourth-order valence-electron chi connectivity index (χ4n) is 2.82. The van der Waals surface area contributed by atoms with E-state index in [1.807, 2.05) is 63.2 Å². The van der Waals surface area contributed by atoms with E-state index in [0.717, 1.165) is 10.5 Å². The number of halogens is 2. The molecule has 2 rings (SSSR count). The van der Waals surface area contributed by atoms with Crippen LogP contribution in [-0.4, -0.2) is 34.0 Å². The van der Waals surface area contributed by atoms with Gasteiger partial charge in [-0.3, -0.25) is 9.59 Å². The third kappa shape index (κ3) is 8.21. The van der Waals surface area contributed by atoms with E-state index in [4.69, 9.17) is 23.2 Å². The van der Waals surface area contributed by atoms with E-state index in [0.29, 0.717) is 28.8 Å². The highest BCUT2D eigenvalue weighted by Gasteiger charge is 2.28. The fourth-order valence-corrected chi connectivity index (χ4v) is 4.00. The summed E-state index contributed by atoms with van der Waals surface area (Å²) >= 11 is 13.6. The largest absolute Gasteiger partial charge is 0.350 e. The lowest BCUT2D eigenvalue weighted by molar-refractivity contribution is -0.140. The van der Waals surface area contributed by atoms with Gasteiger partial charge in [0.1, 0.15) is 6.04 Å². The van der Waals surface area contributed by atoms with Gasteiger partial charge in [0.25, 0.3) is 0 Å². The number of amides is 2. The van der Waals surface area contributed by atoms with Gasteiger partial charge < -0.3 is 10.2 Å². The van der Waals surface area contributed by atoms with Gasteiger partial charge in [-0.2, -0.15) is 0 Å². The molecule has 0 aliphatic heterocycles. The normalized spacial score (nSPS) is 12.3. The van der Waals surface area contributed by atoms with Crippen molar-refractivity contribution in [2.75, 3.05) is 5.75 Å². The molecule has 2 aromatic rings. The van der Waals surface area contributed by atoms with E-state index < -0.39 is 6.04 Å². The number of carbonyl (C=O) groups excluding carboxylic acids is 2. The molecular weight excluding hydrogens is 439 g/mol. The Morgan fingerprint density at radius 2 is 1.73 bits per heavy atom. The highest BCUT2D eigenvalue weighted by molar-refractivity contribution is 7.99. The molecule has 1 N–H and O–H groups in total. The van der Waals surface area contributed by atoms with Crippen molar-refractivity contribution in [1.29, 1.82) is 0 Å². The van der Waals surface area contributed by atoms with Crippen LogP contribution in [0.5, 0.6) is 0 Å². The molecular formula is C23H28Cl2N2O2S. The Morgan fingerprint density at radius 3 is 2.33 bits per heavy atom. The molecule has 0 saturated heterocycles. The summed E-state index contributed by atoms with van der Waals surface area (Å²) in [5.74, 6) is 0.358. The third-order valence-electron chi connectivity index (χ3n) is 4.31. The molecule has 0 radical (unpaired) electrons. The standard InChI is InChI=1S/C23H28Cl2N2O2S/c1-16(22(29)26-23(2,3)4)27(15-17-6-5-7-19(25)14-17)21(28)12-13-30-20-10-8-18(24)9-11-20/h5-11,14,16H,12-13,15H2,1-4H3,(H,26,29). The minimum Gasteiger partial charge on any atom is -0.350 e. The summed E-state index contributed by atoms with van der Waals surface area (Å²) in [6.07, 6.45) is 0.320. The Hall–Kier alpha value is -1.69. The number of nitrogens with one attached hydrogen (secondary N) is 1. The van der Waals surface area contributed by atoms with Crippen molar-refractivity contribution < 1.29 is 9.59 Å². The Bertz CT molecular complexity index is 866. The highest BCUT2D eigenvalue weighted by atomic mass is 35.5. The lowest BCUT2D eigenvalue weighted by Gasteiger charge is -2.31. The molecule has 30 heavy (non-hydrogen) atoms. The quantitative estimate of drug-likeness (QED) is 0.499. The van der Waals surface area contributed by atoms with Crippen molar-refractivity contribution in [1.82, 2.24) is 10.2 Å². The molecule has 0 aliphatic rings. The summed E-state index contributed by atoms with van der Waals surface area (Å²) < 4.78 is 0. The number of benzene rings is 2. The molecule has 0 spiro atoms. The maximum absolute atomic E-state index is 13.1. The van der Waals surface area contributed by atoms with Crippen LogP contribution in [0.25, 0.3) is 0 Å². The van der Waals surface area contributed by atoms with E-state index in [1.54, 1.807) is 29.7 Å². The van der Waals surface area contributed by atoms with E-state index in [2.05, 4.69) is 5.32 Å². The summed E-state index contributed by atoms with van der Waals surface area (Å²) in [7, 11) is 0. The van der Waals surface area contributed by atoms with Gasteiger partial charge in [-0.25, -0.2) is 0 Å². The molecule has 162 valence electrons. The zero-order valence-corrected chi connectivity index (χ0v) is 20.1. The monoisotopic (exact) mass is 466 g/mol. The van der Waals surface area contributed by atoms with E-state index >= 15 is 0 Å². The number of carbonyl (C=O) groups is 2. The molecule has 0 aliphatic carbocycles. The maximum atomic E-state index is 13.1. The summed E-state index contributed by atoms with van der Waals surface area (Å²) in [5, 5.41) is 4.25. The third-order valence-corrected chi connectivity index (χ3v) is 5.81. The number of nitrogens with zero attached hydrogens (tertiary/aromatic N) is 1. The summed E-state index contributed by atoms with van der Waals surface area (Å²) in [6.45, 7) is 7.84. The van der Waals surface area contributed by atoms with E-state index in [-0.39, 0.29) is 17.4 Å². The highest BCUT2D eigenvalue weighted by Crippen LogP contribution is 2.22. The Balaban J connectivity index is 2.09. The van der Waals surface area contributed by atoms with Crippen molar-refractivity contribution in [2.24, 2.45) is 0 Å². The Kier molecular flexibility index (Phi) is 9.08. The predicted octanol–water partition coefficient (Wildman–Crippen LogP) is 5.81. The van der Waals surface area contributed by atoms with Crippen molar-refractivity contribution in [3.63, 3.8) is 0 Å². The van der Waals surface area contributed by atoms with Crippen LogP contribution in [0.3, 0.4) is 0 Å². The van der Waals surface area contributed by atoms with Crippen molar-refractivity contribution in [3.05, 3.63) is 64.1 Å². The van der Waals surface area contributed by atoms with Gasteiger partial charge >= 0.3 is 0 Å². The lowest BCUT2D eigenvalue weighted by Crippen LogP contribution is -2.52. The van der Waals surface area contributed by atoms with Gasteiger partial charge in [0.05, 0.1) is 0 Å². The van der Waals surface area contributed by atoms with Gasteiger partial charge in [0.15, 0.2) is 0 Å². The average Bonchev–Trinajstić information content (AvgIpc) is 2.65. The molecule has 7 heteroatoms. The Morgan fingerprint density at radius 1 is 1.07 bits per heavy atom. The molecule has 0 heterocycles. The average molecular weight is 467 g/mol. The van der Waals surface area contributed by atoms with Crippen LogP contribution in [0.1, 0.15) is 39.7 Å². The molecule has 0 bridgehead atoms. The van der Waals surface area contributed by atoms with Crippen LogP contribution in [0.4, 0.5) is 0 Å². The first-order chi connectivity index (χ1) is 14.0. The van der Waals surface area contributed by atoms with Crippen LogP contribution in [-0.2, 0) is 16.1 Å². The second-order valence-electron chi connectivity index (χ2n) is 8.12. The second kappa shape index (κ2) is 11.1. The molecule has 4 nitrogen and oxygen atoms in total. The molecule has 1 atom stereocenters. The molecule has 2 amide bonds. The summed E-state index contributed by atoms with van der Waals surface area (Å²) in [4.78, 5) is 28.5. The van der Waals surface area contributed by atoms with E-state index in [9.17, 15) is 9.59 Å². The minimum atomic E-state index is -0.601. The van der Waals surface area contributed by atoms with Crippen molar-refractivity contribution in [3.8, 4) is 0 Å². The van der Waals surface area contributed by atoms with Crippen LogP contribution in [0.15, 0.2) is 53.4 Å². The van der Waals surface area contributed by atoms with Crippen LogP contribution in [0, 0.1) is 0 Å². The van der Waals surface area contributed by atoms with Crippen molar-refractivity contribution in [2.45, 2.75) is 57.1 Å². The smallest absolute Gasteiger partial charge is 0.242 e. The number of hydrogen-bond donors (Lipinski definition) is 1. The topological polar surface area (TPSA) is 49.4 Å². The number of hydrogen-bond acceptors (Lipinski definition) is 3. The van der Waals surface area contributed by atoms with Gasteiger partial charge in [-0.05, 0) is 69.7 Å². The molecule has 2 aromatic carbocycles. The van der Waals surface area contributed by atoms with Crippen molar-refractivity contribution >= 4 is 46.8 Å². The van der Waals surface area contributed by atoms with Gasteiger partial charge in [-0.1, -0.05) is 35.3 Å². The first-order valence-corrected chi connectivity index (χ1v) is 11.5. The first-order valence-electron chi connectivity index (χ1n) is 9.79. The maximum Gasteiger partial charge on any atom is 0.242 e. The minimum absolute atomic E-state index is 0.0759. The van der Waals surface area contributed by atoms with Gasteiger partial charge in [0, 0.05) is 39.2 Å². The van der Waals surface area contributed by atoms with Gasteiger partial charge in [-0.15, -0.1) is 11.8 Å².